The highest BCUT2D eigenvalue weighted by Crippen LogP contribution is 2.23. The van der Waals surface area contributed by atoms with Crippen molar-refractivity contribution in [1.82, 2.24) is 19.8 Å². The van der Waals surface area contributed by atoms with Crippen LogP contribution in [-0.4, -0.2) is 45.3 Å². The van der Waals surface area contributed by atoms with Gasteiger partial charge in [-0.05, 0) is 32.4 Å². The minimum absolute atomic E-state index is 0.161. The van der Waals surface area contributed by atoms with Crippen LogP contribution in [0.3, 0.4) is 0 Å². The van der Waals surface area contributed by atoms with Crippen LogP contribution in [0.1, 0.15) is 38.6 Å². The molecule has 1 fully saturated rings. The monoisotopic (exact) mass is 280 g/mol. The number of likely N-dealkylation sites (tertiary alicyclic amines) is 1. The lowest BCUT2D eigenvalue weighted by Gasteiger charge is -2.25. The Morgan fingerprint density at radius 2 is 2.35 bits per heavy atom. The largest absolute Gasteiger partial charge is 0.465 e. The molecule has 2 N–H and O–H groups in total. The van der Waals surface area contributed by atoms with Gasteiger partial charge in [0.2, 0.25) is 0 Å². The molecule has 6 heteroatoms. The summed E-state index contributed by atoms with van der Waals surface area (Å²) >= 11 is 0. The van der Waals surface area contributed by atoms with Gasteiger partial charge in [0.15, 0.2) is 0 Å². The molecule has 0 spiro atoms. The molecule has 2 heterocycles. The minimum atomic E-state index is -1.00. The van der Waals surface area contributed by atoms with Crippen molar-refractivity contribution in [3.8, 4) is 0 Å². The number of amides is 1. The van der Waals surface area contributed by atoms with Crippen molar-refractivity contribution >= 4 is 6.09 Å². The number of hydrogen-bond donors (Lipinski definition) is 2. The fraction of sp³-hybridized carbons (Fsp3) is 0.714. The van der Waals surface area contributed by atoms with E-state index in [1.165, 1.54) is 12.8 Å². The highest BCUT2D eigenvalue weighted by Gasteiger charge is 2.26. The van der Waals surface area contributed by atoms with Gasteiger partial charge in [-0.15, -0.1) is 0 Å². The van der Waals surface area contributed by atoms with Crippen molar-refractivity contribution in [3.63, 3.8) is 0 Å². The Morgan fingerprint density at radius 3 is 2.90 bits per heavy atom. The number of likely N-dealkylation sites (N-methyl/N-ethyl adjacent to an activating group) is 1. The molecule has 0 aliphatic carbocycles. The number of nitrogens with one attached hydrogen (secondary N) is 1. The van der Waals surface area contributed by atoms with Gasteiger partial charge >= 0.3 is 6.09 Å². The third-order valence-corrected chi connectivity index (χ3v) is 4.05. The molecule has 1 amide bonds. The van der Waals surface area contributed by atoms with Crippen molar-refractivity contribution in [2.45, 2.75) is 45.3 Å². The van der Waals surface area contributed by atoms with E-state index in [-0.39, 0.29) is 12.0 Å². The Kier molecular flexibility index (Phi) is 4.65. The van der Waals surface area contributed by atoms with E-state index in [0.717, 1.165) is 18.9 Å². The Hall–Kier alpha value is -1.56. The number of carbonyl (C=O) groups is 1. The van der Waals surface area contributed by atoms with Crippen LogP contribution in [0.5, 0.6) is 0 Å². The van der Waals surface area contributed by atoms with Crippen molar-refractivity contribution in [2.24, 2.45) is 5.92 Å². The molecule has 0 unspecified atom stereocenters. The molecule has 1 aromatic rings. The fourth-order valence-electron chi connectivity index (χ4n) is 2.85. The molecule has 1 aliphatic rings. The summed E-state index contributed by atoms with van der Waals surface area (Å²) in [6, 6.07) is 0.245. The second-order valence-electron chi connectivity index (χ2n) is 5.89. The molecular weight excluding hydrogens is 256 g/mol. The number of imidazole rings is 1. The van der Waals surface area contributed by atoms with Gasteiger partial charge in [-0.1, -0.05) is 13.8 Å². The van der Waals surface area contributed by atoms with Gasteiger partial charge in [0.25, 0.3) is 0 Å². The van der Waals surface area contributed by atoms with Gasteiger partial charge in [0.05, 0.1) is 6.04 Å². The van der Waals surface area contributed by atoms with Crippen LogP contribution in [0.4, 0.5) is 4.79 Å². The van der Waals surface area contributed by atoms with E-state index in [1.54, 1.807) is 6.20 Å². The molecule has 1 aromatic heterocycles. The van der Waals surface area contributed by atoms with Crippen molar-refractivity contribution < 1.29 is 9.90 Å². The molecule has 112 valence electrons. The predicted molar refractivity (Wildman–Crippen MR) is 76.6 cm³/mol. The molecule has 1 saturated heterocycles. The highest BCUT2D eigenvalue weighted by atomic mass is 16.4. The zero-order chi connectivity index (χ0) is 14.7. The van der Waals surface area contributed by atoms with Crippen LogP contribution >= 0.6 is 0 Å². The summed E-state index contributed by atoms with van der Waals surface area (Å²) in [6.45, 7) is 6.01. The van der Waals surface area contributed by atoms with E-state index in [9.17, 15) is 4.79 Å². The summed E-state index contributed by atoms with van der Waals surface area (Å²) in [5.41, 5.74) is 0. The van der Waals surface area contributed by atoms with E-state index in [2.05, 4.69) is 26.8 Å². The first-order valence-corrected chi connectivity index (χ1v) is 7.19. The SMILES string of the molecule is CC(C)[C@H](NC(=O)O)c1nccn1C[C@@H]1CCCN1C. The predicted octanol–water partition coefficient (Wildman–Crippen LogP) is 1.94. The Morgan fingerprint density at radius 1 is 1.60 bits per heavy atom. The molecule has 1 aliphatic heterocycles. The normalized spacial score (nSPS) is 21.3. The van der Waals surface area contributed by atoms with Gasteiger partial charge in [-0.2, -0.15) is 0 Å². The van der Waals surface area contributed by atoms with E-state index in [4.69, 9.17) is 5.11 Å². The lowest BCUT2D eigenvalue weighted by atomic mass is 10.0. The van der Waals surface area contributed by atoms with Crippen LogP contribution in [0.2, 0.25) is 0 Å². The molecular formula is C14H24N4O2. The summed E-state index contributed by atoms with van der Waals surface area (Å²) in [7, 11) is 2.14. The maximum atomic E-state index is 11.0. The average molecular weight is 280 g/mol. The van der Waals surface area contributed by atoms with E-state index in [0.29, 0.717) is 6.04 Å². The van der Waals surface area contributed by atoms with Crippen LogP contribution < -0.4 is 5.32 Å². The number of hydrogen-bond acceptors (Lipinski definition) is 3. The number of rotatable bonds is 5. The molecule has 6 nitrogen and oxygen atoms in total. The first kappa shape index (κ1) is 14.8. The topological polar surface area (TPSA) is 70.4 Å². The first-order chi connectivity index (χ1) is 9.49. The third-order valence-electron chi connectivity index (χ3n) is 4.05. The number of nitrogens with zero attached hydrogens (tertiary/aromatic N) is 3. The van der Waals surface area contributed by atoms with Crippen LogP contribution in [0, 0.1) is 5.92 Å². The zero-order valence-electron chi connectivity index (χ0n) is 12.4. The van der Waals surface area contributed by atoms with Gasteiger partial charge in [0, 0.05) is 25.0 Å². The van der Waals surface area contributed by atoms with Gasteiger partial charge in [-0.25, -0.2) is 9.78 Å². The summed E-state index contributed by atoms with van der Waals surface area (Å²) in [5.74, 6) is 0.969. The lowest BCUT2D eigenvalue weighted by Crippen LogP contribution is -2.35. The molecule has 2 atom stereocenters. The quantitative estimate of drug-likeness (QED) is 0.864. The standard InChI is InChI=1S/C14H24N4O2/c1-10(2)12(16-14(19)20)13-15-6-8-18(13)9-11-5-4-7-17(11)3/h6,8,10-12,16H,4-5,7,9H2,1-3H3,(H,19,20)/t11-,12-/m0/s1. The van der Waals surface area contributed by atoms with Crippen molar-refractivity contribution in [1.29, 1.82) is 0 Å². The minimum Gasteiger partial charge on any atom is -0.465 e. The Balaban J connectivity index is 2.15. The van der Waals surface area contributed by atoms with Gasteiger partial charge in [0.1, 0.15) is 5.82 Å². The van der Waals surface area contributed by atoms with Crippen molar-refractivity contribution in [3.05, 3.63) is 18.2 Å². The van der Waals surface area contributed by atoms with Crippen LogP contribution in [0.15, 0.2) is 12.4 Å². The average Bonchev–Trinajstić information content (AvgIpc) is 2.97. The van der Waals surface area contributed by atoms with Gasteiger partial charge in [-0.3, -0.25) is 0 Å². The first-order valence-electron chi connectivity index (χ1n) is 7.19. The molecule has 0 aromatic carbocycles. The summed E-state index contributed by atoms with van der Waals surface area (Å²) in [6.07, 6.45) is 5.11. The molecule has 2 rings (SSSR count). The number of carboxylic acid groups (broad SMARTS) is 1. The maximum absolute atomic E-state index is 11.0. The van der Waals surface area contributed by atoms with E-state index in [1.807, 2.05) is 20.0 Å². The van der Waals surface area contributed by atoms with Gasteiger partial charge < -0.3 is 19.9 Å². The van der Waals surface area contributed by atoms with Crippen LogP contribution in [-0.2, 0) is 6.54 Å². The smallest absolute Gasteiger partial charge is 0.405 e. The summed E-state index contributed by atoms with van der Waals surface area (Å²) in [5, 5.41) is 11.6. The highest BCUT2D eigenvalue weighted by molar-refractivity contribution is 5.65. The molecule has 0 saturated carbocycles. The Bertz CT molecular complexity index is 458. The third kappa shape index (κ3) is 3.30. The summed E-state index contributed by atoms with van der Waals surface area (Å²) < 4.78 is 2.09. The second-order valence-corrected chi connectivity index (χ2v) is 5.89. The van der Waals surface area contributed by atoms with Crippen LogP contribution in [0.25, 0.3) is 0 Å². The molecule has 0 radical (unpaired) electrons. The fourth-order valence-corrected chi connectivity index (χ4v) is 2.85. The van der Waals surface area contributed by atoms with E-state index < -0.39 is 6.09 Å². The zero-order valence-corrected chi connectivity index (χ0v) is 12.4. The maximum Gasteiger partial charge on any atom is 0.405 e. The van der Waals surface area contributed by atoms with E-state index >= 15 is 0 Å². The molecule has 0 bridgehead atoms. The van der Waals surface area contributed by atoms with Crippen molar-refractivity contribution in [2.75, 3.05) is 13.6 Å². The summed E-state index contributed by atoms with van der Waals surface area (Å²) in [4.78, 5) is 17.7. The Labute approximate surface area is 119 Å². The lowest BCUT2D eigenvalue weighted by molar-refractivity contribution is 0.184. The number of aromatic nitrogens is 2. The second kappa shape index (κ2) is 6.26. The molecule has 20 heavy (non-hydrogen) atoms.